The maximum atomic E-state index is 12.9. The van der Waals surface area contributed by atoms with Gasteiger partial charge in [-0.2, -0.15) is 0 Å². The number of hydrogen-bond acceptors (Lipinski definition) is 2. The largest absolute Gasteiger partial charge is 0.364 e. The van der Waals surface area contributed by atoms with Crippen LogP contribution in [0.2, 0.25) is 0 Å². The molecule has 0 saturated carbocycles. The summed E-state index contributed by atoms with van der Waals surface area (Å²) in [6, 6.07) is 9.85. The lowest BCUT2D eigenvalue weighted by Gasteiger charge is -2.37. The van der Waals surface area contributed by atoms with E-state index in [0.29, 0.717) is 6.54 Å². The lowest BCUT2D eigenvalue weighted by atomic mass is 9.89. The first-order valence-corrected chi connectivity index (χ1v) is 8.20. The molecule has 1 aliphatic rings. The maximum Gasteiger partial charge on any atom is 0.259 e. The average molecular weight is 310 g/mol. The van der Waals surface area contributed by atoms with E-state index in [2.05, 4.69) is 24.0 Å². The lowest BCUT2D eigenvalue weighted by molar-refractivity contribution is 0.0648. The normalized spacial score (nSPS) is 17.0. The Morgan fingerprint density at radius 3 is 2.87 bits per heavy atom. The second kappa shape index (κ2) is 6.41. The van der Waals surface area contributed by atoms with Crippen molar-refractivity contribution in [3.05, 3.63) is 69.1 Å². The molecule has 0 radical (unpaired) electrons. The lowest BCUT2D eigenvalue weighted by Crippen LogP contribution is -2.41. The Balaban J connectivity index is 1.98. The van der Waals surface area contributed by atoms with Crippen LogP contribution in [0.15, 0.2) is 41.3 Å². The molecule has 1 aromatic carbocycles. The number of fused-ring (bicyclic) bond motifs is 1. The monoisotopic (exact) mass is 310 g/mol. The molecule has 4 heteroatoms. The second-order valence-corrected chi connectivity index (χ2v) is 6.15. The van der Waals surface area contributed by atoms with Gasteiger partial charge in [-0.25, -0.2) is 0 Å². The van der Waals surface area contributed by atoms with Crippen LogP contribution >= 0.6 is 0 Å². The molecule has 1 aromatic heterocycles. The van der Waals surface area contributed by atoms with Gasteiger partial charge in [-0.15, -0.1) is 0 Å². The summed E-state index contributed by atoms with van der Waals surface area (Å²) in [7, 11) is 0. The van der Waals surface area contributed by atoms with E-state index in [4.69, 9.17) is 0 Å². The standard InChI is InChI=1S/C19H22N2O2/c1-3-6-17-15-8-5-4-7-14(15)9-10-21(17)19(23)16-12-20-13(2)11-18(16)22/h4-5,7-8,11-12,17H,3,6,9-10H2,1-2H3,(H,20,22). The number of carbonyl (C=O) groups is 1. The Morgan fingerprint density at radius 1 is 1.35 bits per heavy atom. The van der Waals surface area contributed by atoms with Gasteiger partial charge in [0.2, 0.25) is 0 Å². The van der Waals surface area contributed by atoms with Gasteiger partial charge in [0.15, 0.2) is 5.43 Å². The number of nitrogens with zero attached hydrogens (tertiary/aromatic N) is 1. The molecule has 0 fully saturated rings. The summed E-state index contributed by atoms with van der Waals surface area (Å²) in [5.74, 6) is -0.167. The van der Waals surface area contributed by atoms with E-state index < -0.39 is 0 Å². The van der Waals surface area contributed by atoms with Crippen molar-refractivity contribution in [2.24, 2.45) is 0 Å². The maximum absolute atomic E-state index is 12.9. The van der Waals surface area contributed by atoms with Gasteiger partial charge in [-0.05, 0) is 30.9 Å². The molecule has 0 saturated heterocycles. The van der Waals surface area contributed by atoms with E-state index in [9.17, 15) is 9.59 Å². The van der Waals surface area contributed by atoms with Crippen molar-refractivity contribution in [2.45, 2.75) is 39.2 Å². The number of carbonyl (C=O) groups excluding carboxylic acids is 1. The van der Waals surface area contributed by atoms with Crippen LogP contribution in [0.1, 0.15) is 53.0 Å². The first-order chi connectivity index (χ1) is 11.1. The number of rotatable bonds is 3. The highest BCUT2D eigenvalue weighted by Gasteiger charge is 2.31. The highest BCUT2D eigenvalue weighted by molar-refractivity contribution is 5.94. The molecule has 0 aliphatic carbocycles. The molecule has 3 rings (SSSR count). The third kappa shape index (κ3) is 2.93. The Hall–Kier alpha value is -2.36. The van der Waals surface area contributed by atoms with Crippen molar-refractivity contribution < 1.29 is 4.79 Å². The van der Waals surface area contributed by atoms with Crippen LogP contribution in [0.25, 0.3) is 0 Å². The zero-order valence-corrected chi connectivity index (χ0v) is 13.6. The quantitative estimate of drug-likeness (QED) is 0.946. The highest BCUT2D eigenvalue weighted by Crippen LogP contribution is 2.33. The SMILES string of the molecule is CCCC1c2ccccc2CCN1C(=O)c1c[nH]c(C)cc1=O. The number of pyridine rings is 1. The number of nitrogens with one attached hydrogen (secondary N) is 1. The minimum Gasteiger partial charge on any atom is -0.364 e. The van der Waals surface area contributed by atoms with Crippen LogP contribution in [-0.4, -0.2) is 22.3 Å². The van der Waals surface area contributed by atoms with E-state index >= 15 is 0 Å². The highest BCUT2D eigenvalue weighted by atomic mass is 16.2. The number of H-pyrrole nitrogens is 1. The Morgan fingerprint density at radius 2 is 2.13 bits per heavy atom. The fourth-order valence-electron chi connectivity index (χ4n) is 3.37. The van der Waals surface area contributed by atoms with Crippen molar-refractivity contribution in [1.82, 2.24) is 9.88 Å². The van der Waals surface area contributed by atoms with Gasteiger partial charge in [0.1, 0.15) is 5.56 Å². The minimum atomic E-state index is -0.208. The molecule has 1 aliphatic heterocycles. The van der Waals surface area contributed by atoms with Crippen LogP contribution in [0.4, 0.5) is 0 Å². The molecule has 1 N–H and O–H groups in total. The third-order valence-electron chi connectivity index (χ3n) is 4.52. The predicted octanol–water partition coefficient (Wildman–Crippen LogP) is 3.22. The molecule has 120 valence electrons. The smallest absolute Gasteiger partial charge is 0.259 e. The number of benzene rings is 1. The predicted molar refractivity (Wildman–Crippen MR) is 90.6 cm³/mol. The van der Waals surface area contributed by atoms with Crippen molar-refractivity contribution in [3.63, 3.8) is 0 Å². The van der Waals surface area contributed by atoms with Crippen molar-refractivity contribution >= 4 is 5.91 Å². The number of amides is 1. The topological polar surface area (TPSA) is 53.2 Å². The number of hydrogen-bond donors (Lipinski definition) is 1. The zero-order valence-electron chi connectivity index (χ0n) is 13.6. The molecule has 0 bridgehead atoms. The molecule has 2 heterocycles. The number of aryl methyl sites for hydroxylation is 1. The fourth-order valence-corrected chi connectivity index (χ4v) is 3.37. The van der Waals surface area contributed by atoms with Gasteiger partial charge >= 0.3 is 0 Å². The summed E-state index contributed by atoms with van der Waals surface area (Å²) in [5.41, 5.74) is 3.32. The molecule has 1 amide bonds. The van der Waals surface area contributed by atoms with Gasteiger partial charge in [0.25, 0.3) is 5.91 Å². The molecular formula is C19H22N2O2. The Labute approximate surface area is 136 Å². The van der Waals surface area contributed by atoms with Crippen LogP contribution in [-0.2, 0) is 6.42 Å². The van der Waals surface area contributed by atoms with E-state index in [0.717, 1.165) is 25.0 Å². The summed E-state index contributed by atoms with van der Waals surface area (Å²) in [5, 5.41) is 0. The van der Waals surface area contributed by atoms with Crippen LogP contribution in [0.5, 0.6) is 0 Å². The molecule has 23 heavy (non-hydrogen) atoms. The van der Waals surface area contributed by atoms with Gasteiger partial charge in [0.05, 0.1) is 6.04 Å². The second-order valence-electron chi connectivity index (χ2n) is 6.15. The molecule has 0 spiro atoms. The van der Waals surface area contributed by atoms with E-state index in [1.807, 2.05) is 24.0 Å². The Kier molecular flexibility index (Phi) is 4.33. The van der Waals surface area contributed by atoms with E-state index in [1.165, 1.54) is 17.2 Å². The third-order valence-corrected chi connectivity index (χ3v) is 4.52. The van der Waals surface area contributed by atoms with Crippen molar-refractivity contribution in [3.8, 4) is 0 Å². The molecule has 1 unspecified atom stereocenters. The van der Waals surface area contributed by atoms with E-state index in [-0.39, 0.29) is 22.9 Å². The minimum absolute atomic E-state index is 0.0538. The van der Waals surface area contributed by atoms with Crippen molar-refractivity contribution in [2.75, 3.05) is 6.54 Å². The first kappa shape index (κ1) is 15.5. The van der Waals surface area contributed by atoms with E-state index in [1.54, 1.807) is 6.20 Å². The molecule has 4 nitrogen and oxygen atoms in total. The zero-order chi connectivity index (χ0) is 16.4. The molecular weight excluding hydrogens is 288 g/mol. The van der Waals surface area contributed by atoms with Crippen LogP contribution < -0.4 is 5.43 Å². The number of aromatic amines is 1. The van der Waals surface area contributed by atoms with Gasteiger partial charge in [-0.1, -0.05) is 37.6 Å². The molecule has 2 aromatic rings. The Bertz CT molecular complexity index is 779. The first-order valence-electron chi connectivity index (χ1n) is 8.20. The van der Waals surface area contributed by atoms with Gasteiger partial charge in [-0.3, -0.25) is 9.59 Å². The summed E-state index contributed by atoms with van der Waals surface area (Å²) in [6.07, 6.45) is 4.29. The van der Waals surface area contributed by atoms with Crippen molar-refractivity contribution in [1.29, 1.82) is 0 Å². The summed E-state index contributed by atoms with van der Waals surface area (Å²) in [6.45, 7) is 4.60. The molecule has 1 atom stereocenters. The van der Waals surface area contributed by atoms with Gasteiger partial charge in [0, 0.05) is 24.5 Å². The fraction of sp³-hybridized carbons (Fsp3) is 0.368. The van der Waals surface area contributed by atoms with Crippen LogP contribution in [0, 0.1) is 6.92 Å². The number of aromatic nitrogens is 1. The summed E-state index contributed by atoms with van der Waals surface area (Å²) in [4.78, 5) is 29.9. The van der Waals surface area contributed by atoms with Gasteiger partial charge < -0.3 is 9.88 Å². The average Bonchev–Trinajstić information content (AvgIpc) is 2.55. The van der Waals surface area contributed by atoms with Crippen LogP contribution in [0.3, 0.4) is 0 Å². The summed E-state index contributed by atoms with van der Waals surface area (Å²) < 4.78 is 0. The summed E-state index contributed by atoms with van der Waals surface area (Å²) >= 11 is 0.